The molecule has 0 bridgehead atoms. The van der Waals surface area contributed by atoms with Crippen LogP contribution in [-0.2, 0) is 6.54 Å². The maximum absolute atomic E-state index is 12.1. The highest BCUT2D eigenvalue weighted by Crippen LogP contribution is 2.33. The molecule has 0 unspecified atom stereocenters. The van der Waals surface area contributed by atoms with Crippen LogP contribution in [0, 0.1) is 0 Å². The molecule has 4 nitrogen and oxygen atoms in total. The predicted molar refractivity (Wildman–Crippen MR) is 69.2 cm³/mol. The molecule has 1 aromatic heterocycles. The Balaban J connectivity index is 1.72. The van der Waals surface area contributed by atoms with E-state index in [2.05, 4.69) is 4.74 Å². The molecule has 1 aromatic carbocycles. The monoisotopic (exact) mass is 298 g/mol. The first kappa shape index (κ1) is 13.8. The number of alkyl halides is 3. The maximum Gasteiger partial charge on any atom is 0.573 e. The number of benzene rings is 1. The summed E-state index contributed by atoms with van der Waals surface area (Å²) in [6.07, 6.45) is 0.794. The summed E-state index contributed by atoms with van der Waals surface area (Å²) in [5.74, 6) is -0.269. The van der Waals surface area contributed by atoms with E-state index >= 15 is 0 Å². The van der Waals surface area contributed by atoms with Gasteiger partial charge in [-0.3, -0.25) is 9.13 Å². The van der Waals surface area contributed by atoms with Gasteiger partial charge < -0.3 is 4.74 Å². The van der Waals surface area contributed by atoms with Crippen LogP contribution in [0.2, 0.25) is 0 Å². The molecule has 7 heteroatoms. The number of halogens is 3. The van der Waals surface area contributed by atoms with E-state index in [0.717, 1.165) is 18.4 Å². The molecule has 0 saturated heterocycles. The van der Waals surface area contributed by atoms with Crippen LogP contribution in [0.4, 0.5) is 13.2 Å². The molecule has 2 aromatic rings. The lowest BCUT2D eigenvalue weighted by Crippen LogP contribution is -2.23. The Kier molecular flexibility index (Phi) is 3.27. The van der Waals surface area contributed by atoms with Gasteiger partial charge >= 0.3 is 12.1 Å². The van der Waals surface area contributed by atoms with Crippen molar-refractivity contribution >= 4 is 0 Å². The molecule has 1 aliphatic carbocycles. The Bertz CT molecular complexity index is 681. The minimum atomic E-state index is -4.69. The van der Waals surface area contributed by atoms with Crippen molar-refractivity contribution in [1.82, 2.24) is 9.13 Å². The lowest BCUT2D eigenvalue weighted by molar-refractivity contribution is -0.274. The van der Waals surface area contributed by atoms with Crippen LogP contribution in [0.3, 0.4) is 0 Å². The summed E-state index contributed by atoms with van der Waals surface area (Å²) in [7, 11) is 0. The van der Waals surface area contributed by atoms with Gasteiger partial charge in [-0.05, 0) is 30.5 Å². The summed E-state index contributed by atoms with van der Waals surface area (Å²) in [4.78, 5) is 12.1. The first-order valence-electron chi connectivity index (χ1n) is 6.54. The van der Waals surface area contributed by atoms with Crippen LogP contribution in [0.15, 0.2) is 41.5 Å². The number of hydrogen-bond donors (Lipinski definition) is 0. The average molecular weight is 298 g/mol. The zero-order chi connectivity index (χ0) is 15.0. The normalized spacial score (nSPS) is 15.2. The van der Waals surface area contributed by atoms with Gasteiger partial charge in [0.2, 0.25) is 0 Å². The molecular weight excluding hydrogens is 285 g/mol. The van der Waals surface area contributed by atoms with Gasteiger partial charge in [0.05, 0.1) is 6.54 Å². The molecule has 0 spiro atoms. The Morgan fingerprint density at radius 2 is 1.81 bits per heavy atom. The third-order valence-corrected chi connectivity index (χ3v) is 3.32. The molecular formula is C14H13F3N2O2. The molecule has 21 heavy (non-hydrogen) atoms. The summed E-state index contributed by atoms with van der Waals surface area (Å²) >= 11 is 0. The average Bonchev–Trinajstić information content (AvgIpc) is 3.17. The largest absolute Gasteiger partial charge is 0.573 e. The lowest BCUT2D eigenvalue weighted by Gasteiger charge is -2.09. The molecule has 0 N–H and O–H groups in total. The molecule has 1 saturated carbocycles. The number of nitrogens with zero attached hydrogens (tertiary/aromatic N) is 2. The number of hydrogen-bond acceptors (Lipinski definition) is 2. The molecule has 3 rings (SSSR count). The van der Waals surface area contributed by atoms with Crippen molar-refractivity contribution in [3.05, 3.63) is 52.7 Å². The molecule has 1 aliphatic rings. The van der Waals surface area contributed by atoms with Crippen molar-refractivity contribution < 1.29 is 17.9 Å². The highest BCUT2D eigenvalue weighted by Gasteiger charge is 2.31. The smallest absolute Gasteiger partial charge is 0.406 e. The maximum atomic E-state index is 12.1. The number of imidazole rings is 1. The summed E-state index contributed by atoms with van der Waals surface area (Å²) < 4.78 is 43.2. The van der Waals surface area contributed by atoms with E-state index in [9.17, 15) is 18.0 Å². The van der Waals surface area contributed by atoms with E-state index in [1.165, 1.54) is 28.8 Å². The standard InChI is InChI=1S/C14H13F3N2O2/c15-14(16,17)21-12-5-1-10(2-6-12)9-18-7-8-19(13(18)20)11-3-4-11/h1-2,5-8,11H,3-4,9H2. The van der Waals surface area contributed by atoms with Crippen molar-refractivity contribution in [2.24, 2.45) is 0 Å². The third-order valence-electron chi connectivity index (χ3n) is 3.32. The number of ether oxygens (including phenoxy) is 1. The SMILES string of the molecule is O=c1n(Cc2ccc(OC(F)(F)F)cc2)ccn1C1CC1. The van der Waals surface area contributed by atoms with Gasteiger partial charge in [-0.2, -0.15) is 0 Å². The summed E-state index contributed by atoms with van der Waals surface area (Å²) in [6.45, 7) is 0.324. The second kappa shape index (κ2) is 4.98. The number of aromatic nitrogens is 2. The van der Waals surface area contributed by atoms with Crippen LogP contribution < -0.4 is 10.4 Å². The van der Waals surface area contributed by atoms with Gasteiger partial charge in [0.15, 0.2) is 0 Å². The minimum Gasteiger partial charge on any atom is -0.406 e. The first-order valence-corrected chi connectivity index (χ1v) is 6.54. The van der Waals surface area contributed by atoms with Crippen molar-refractivity contribution in [2.45, 2.75) is 31.8 Å². The van der Waals surface area contributed by atoms with Crippen molar-refractivity contribution in [2.75, 3.05) is 0 Å². The molecule has 0 aliphatic heterocycles. The van der Waals surface area contributed by atoms with E-state index in [4.69, 9.17) is 0 Å². The fourth-order valence-electron chi connectivity index (χ4n) is 2.17. The van der Waals surface area contributed by atoms with Gasteiger partial charge in [0, 0.05) is 18.4 Å². The van der Waals surface area contributed by atoms with Crippen LogP contribution >= 0.6 is 0 Å². The van der Waals surface area contributed by atoms with Crippen LogP contribution in [0.1, 0.15) is 24.4 Å². The van der Waals surface area contributed by atoms with Gasteiger partial charge in [0.1, 0.15) is 5.75 Å². The third kappa shape index (κ3) is 3.29. The lowest BCUT2D eigenvalue weighted by atomic mass is 10.2. The molecule has 0 amide bonds. The Morgan fingerprint density at radius 3 is 2.38 bits per heavy atom. The van der Waals surface area contributed by atoms with Crippen molar-refractivity contribution in [3.8, 4) is 5.75 Å². The van der Waals surface area contributed by atoms with Gasteiger partial charge in [-0.15, -0.1) is 13.2 Å². The van der Waals surface area contributed by atoms with E-state index in [0.29, 0.717) is 12.6 Å². The number of rotatable bonds is 4. The summed E-state index contributed by atoms with van der Waals surface area (Å²) in [5.41, 5.74) is 0.647. The van der Waals surface area contributed by atoms with E-state index in [-0.39, 0.29) is 11.4 Å². The fraction of sp³-hybridized carbons (Fsp3) is 0.357. The van der Waals surface area contributed by atoms with E-state index in [1.807, 2.05) is 0 Å². The van der Waals surface area contributed by atoms with Crippen LogP contribution in [0.5, 0.6) is 5.75 Å². The summed E-state index contributed by atoms with van der Waals surface area (Å²) in [6, 6.07) is 5.82. The molecule has 1 heterocycles. The minimum absolute atomic E-state index is 0.0897. The van der Waals surface area contributed by atoms with Gasteiger partial charge in [0.25, 0.3) is 0 Å². The Hall–Kier alpha value is -2.18. The van der Waals surface area contributed by atoms with Crippen LogP contribution in [0.25, 0.3) is 0 Å². The topological polar surface area (TPSA) is 36.2 Å². The van der Waals surface area contributed by atoms with E-state index < -0.39 is 6.36 Å². The highest BCUT2D eigenvalue weighted by molar-refractivity contribution is 5.27. The van der Waals surface area contributed by atoms with Gasteiger partial charge in [-0.25, -0.2) is 4.79 Å². The van der Waals surface area contributed by atoms with E-state index in [1.54, 1.807) is 17.0 Å². The zero-order valence-corrected chi connectivity index (χ0v) is 11.0. The highest BCUT2D eigenvalue weighted by atomic mass is 19.4. The fourth-order valence-corrected chi connectivity index (χ4v) is 2.17. The Morgan fingerprint density at radius 1 is 1.14 bits per heavy atom. The van der Waals surface area contributed by atoms with Crippen molar-refractivity contribution in [3.63, 3.8) is 0 Å². The van der Waals surface area contributed by atoms with Crippen LogP contribution in [-0.4, -0.2) is 15.5 Å². The molecule has 0 atom stereocenters. The molecule has 112 valence electrons. The zero-order valence-electron chi connectivity index (χ0n) is 11.0. The molecule has 1 fully saturated rings. The quantitative estimate of drug-likeness (QED) is 0.870. The Labute approximate surface area is 118 Å². The molecule has 0 radical (unpaired) electrons. The predicted octanol–water partition coefficient (Wildman–Crippen LogP) is 2.93. The second-order valence-electron chi connectivity index (χ2n) is 5.04. The summed E-state index contributed by atoms with van der Waals surface area (Å²) in [5, 5.41) is 0. The second-order valence-corrected chi connectivity index (χ2v) is 5.04. The van der Waals surface area contributed by atoms with Crippen molar-refractivity contribution in [1.29, 1.82) is 0 Å². The van der Waals surface area contributed by atoms with Gasteiger partial charge in [-0.1, -0.05) is 12.1 Å². The first-order chi connectivity index (χ1) is 9.92.